The zero-order valence-corrected chi connectivity index (χ0v) is 21.2. The third-order valence-corrected chi connectivity index (χ3v) is 5.53. The quantitative estimate of drug-likeness (QED) is 0.120. The van der Waals surface area contributed by atoms with Gasteiger partial charge in [-0.3, -0.25) is 0 Å². The summed E-state index contributed by atoms with van der Waals surface area (Å²) in [4.78, 5) is 36.0. The van der Waals surface area contributed by atoms with Crippen LogP contribution in [0.4, 0.5) is 0 Å². The molecule has 0 unspecified atom stereocenters. The fourth-order valence-corrected chi connectivity index (χ4v) is 3.41. The first kappa shape index (κ1) is 27.5. The van der Waals surface area contributed by atoms with Gasteiger partial charge in [0, 0.05) is 12.1 Å². The number of esters is 3. The van der Waals surface area contributed by atoms with E-state index in [2.05, 4.69) is 6.58 Å². The van der Waals surface area contributed by atoms with Gasteiger partial charge in [-0.25, -0.2) is 14.4 Å². The minimum Gasteiger partial charge on any atom is -0.494 e. The normalized spacial score (nSPS) is 10.3. The summed E-state index contributed by atoms with van der Waals surface area (Å²) < 4.78 is 21.3. The molecule has 0 aliphatic rings. The topological polar surface area (TPSA) is 88.1 Å². The molecule has 0 bridgehead atoms. The first-order valence-electron chi connectivity index (χ1n) is 11.7. The number of aryl methyl sites for hydroxylation is 1. The van der Waals surface area contributed by atoms with Gasteiger partial charge in [0.2, 0.25) is 0 Å². The number of hydrogen-bond donors (Lipinski definition) is 0. The predicted molar refractivity (Wildman–Crippen MR) is 140 cm³/mol. The minimum atomic E-state index is -0.611. The Morgan fingerprint density at radius 2 is 1.43 bits per heavy atom. The fourth-order valence-electron chi connectivity index (χ4n) is 3.16. The van der Waals surface area contributed by atoms with Gasteiger partial charge in [0.25, 0.3) is 0 Å². The number of benzene rings is 3. The van der Waals surface area contributed by atoms with Crippen molar-refractivity contribution in [1.82, 2.24) is 0 Å². The summed E-state index contributed by atoms with van der Waals surface area (Å²) in [7, 11) is 0. The molecule has 0 aromatic heterocycles. The highest BCUT2D eigenvalue weighted by molar-refractivity contribution is 6.33. The van der Waals surface area contributed by atoms with Gasteiger partial charge in [-0.2, -0.15) is 0 Å². The third-order valence-electron chi connectivity index (χ3n) is 5.22. The van der Waals surface area contributed by atoms with E-state index in [1.54, 1.807) is 36.4 Å². The first-order chi connectivity index (χ1) is 17.9. The van der Waals surface area contributed by atoms with Crippen molar-refractivity contribution in [3.8, 4) is 17.2 Å². The van der Waals surface area contributed by atoms with Crippen molar-refractivity contribution < 1.29 is 33.3 Å². The van der Waals surface area contributed by atoms with Crippen molar-refractivity contribution >= 4 is 29.5 Å². The van der Waals surface area contributed by atoms with Crippen LogP contribution < -0.4 is 14.2 Å². The summed E-state index contributed by atoms with van der Waals surface area (Å²) in [6, 6.07) is 18.0. The highest BCUT2D eigenvalue weighted by atomic mass is 35.5. The number of unbranched alkanes of at least 4 members (excludes halogenated alkanes) is 1. The van der Waals surface area contributed by atoms with Gasteiger partial charge in [0.15, 0.2) is 0 Å². The second-order valence-corrected chi connectivity index (χ2v) is 8.28. The van der Waals surface area contributed by atoms with E-state index in [-0.39, 0.29) is 16.3 Å². The van der Waals surface area contributed by atoms with Crippen LogP contribution in [0.2, 0.25) is 5.02 Å². The molecule has 0 saturated carbocycles. The van der Waals surface area contributed by atoms with Crippen LogP contribution in [0.5, 0.6) is 17.2 Å². The standard InChI is InChI=1S/C29H27ClO7/c1-3-20-7-11-23(12-8-20)36-29(33)25-16-15-24(19-26(25)30)37-28(32)21-9-13-22(14-10-21)34-17-5-6-18-35-27(31)4-2/h4,7-16,19H,2-3,5-6,17-18H2,1H3. The fraction of sp³-hybridized carbons (Fsp3) is 0.207. The SMILES string of the molecule is C=CC(=O)OCCCCOc1ccc(C(=O)Oc2ccc(C(=O)Oc3ccc(CC)cc3)c(Cl)c2)cc1. The van der Waals surface area contributed by atoms with E-state index in [1.807, 2.05) is 19.1 Å². The number of carbonyl (C=O) groups is 3. The lowest BCUT2D eigenvalue weighted by atomic mass is 10.2. The van der Waals surface area contributed by atoms with E-state index in [9.17, 15) is 14.4 Å². The molecule has 0 spiro atoms. The molecule has 37 heavy (non-hydrogen) atoms. The van der Waals surface area contributed by atoms with E-state index in [4.69, 9.17) is 30.5 Å². The summed E-state index contributed by atoms with van der Waals surface area (Å²) in [5, 5.41) is 0.100. The summed E-state index contributed by atoms with van der Waals surface area (Å²) in [6.45, 7) is 6.11. The molecule has 8 heteroatoms. The third kappa shape index (κ3) is 8.51. The Kier molecular flexibility index (Phi) is 10.3. The molecule has 3 rings (SSSR count). The Bertz CT molecular complexity index is 1230. The molecule has 192 valence electrons. The molecule has 0 aliphatic heterocycles. The van der Waals surface area contributed by atoms with E-state index in [0.29, 0.717) is 43.1 Å². The highest BCUT2D eigenvalue weighted by Gasteiger charge is 2.16. The Morgan fingerprint density at radius 3 is 2.08 bits per heavy atom. The molecular formula is C29H27ClO7. The number of hydrogen-bond acceptors (Lipinski definition) is 7. The van der Waals surface area contributed by atoms with Crippen molar-refractivity contribution in [2.45, 2.75) is 26.2 Å². The van der Waals surface area contributed by atoms with Gasteiger partial charge in [-0.15, -0.1) is 0 Å². The van der Waals surface area contributed by atoms with Gasteiger partial charge in [-0.1, -0.05) is 37.2 Å². The second kappa shape index (κ2) is 13.8. The monoisotopic (exact) mass is 522 g/mol. The molecule has 0 heterocycles. The van der Waals surface area contributed by atoms with Crippen LogP contribution in [0.15, 0.2) is 79.4 Å². The maximum absolute atomic E-state index is 12.5. The molecule has 7 nitrogen and oxygen atoms in total. The Labute approximate surface area is 220 Å². The first-order valence-corrected chi connectivity index (χ1v) is 12.1. The molecule has 0 radical (unpaired) electrons. The molecule has 0 aliphatic carbocycles. The largest absolute Gasteiger partial charge is 0.494 e. The van der Waals surface area contributed by atoms with E-state index in [0.717, 1.165) is 18.1 Å². The molecule has 0 N–H and O–H groups in total. The summed E-state index contributed by atoms with van der Waals surface area (Å²) in [6.07, 6.45) is 3.37. The lowest BCUT2D eigenvalue weighted by Gasteiger charge is -2.09. The highest BCUT2D eigenvalue weighted by Crippen LogP contribution is 2.25. The number of ether oxygens (including phenoxy) is 4. The van der Waals surface area contributed by atoms with Crippen LogP contribution in [0, 0.1) is 0 Å². The zero-order chi connectivity index (χ0) is 26.6. The molecule has 3 aromatic rings. The molecule has 0 amide bonds. The van der Waals surface area contributed by atoms with Crippen molar-refractivity contribution in [1.29, 1.82) is 0 Å². The predicted octanol–water partition coefficient (Wildman–Crippen LogP) is 6.23. The number of carbonyl (C=O) groups excluding carboxylic acids is 3. The summed E-state index contributed by atoms with van der Waals surface area (Å²) >= 11 is 6.25. The average molecular weight is 523 g/mol. The van der Waals surface area contributed by atoms with Crippen molar-refractivity contribution in [3.05, 3.63) is 101 Å². The zero-order valence-electron chi connectivity index (χ0n) is 20.4. The van der Waals surface area contributed by atoms with Gasteiger partial charge in [0.1, 0.15) is 17.2 Å². The molecule has 0 saturated heterocycles. The van der Waals surface area contributed by atoms with Crippen LogP contribution in [-0.4, -0.2) is 31.1 Å². The van der Waals surface area contributed by atoms with E-state index >= 15 is 0 Å². The maximum Gasteiger partial charge on any atom is 0.345 e. The van der Waals surface area contributed by atoms with Crippen LogP contribution in [0.3, 0.4) is 0 Å². The number of halogens is 1. The van der Waals surface area contributed by atoms with Crippen LogP contribution in [0.1, 0.15) is 46.0 Å². The second-order valence-electron chi connectivity index (χ2n) is 7.87. The lowest BCUT2D eigenvalue weighted by molar-refractivity contribution is -0.137. The molecule has 0 atom stereocenters. The van der Waals surface area contributed by atoms with Crippen LogP contribution >= 0.6 is 11.6 Å². The van der Waals surface area contributed by atoms with Crippen molar-refractivity contribution in [2.24, 2.45) is 0 Å². The lowest BCUT2D eigenvalue weighted by Crippen LogP contribution is -2.11. The Balaban J connectivity index is 1.49. The van der Waals surface area contributed by atoms with Gasteiger partial charge in [0.05, 0.1) is 29.4 Å². The summed E-state index contributed by atoms with van der Waals surface area (Å²) in [5.41, 5.74) is 1.60. The van der Waals surface area contributed by atoms with E-state index in [1.165, 1.54) is 18.2 Å². The Morgan fingerprint density at radius 1 is 0.811 bits per heavy atom. The smallest absolute Gasteiger partial charge is 0.345 e. The number of rotatable bonds is 12. The van der Waals surface area contributed by atoms with Crippen molar-refractivity contribution in [2.75, 3.05) is 13.2 Å². The molecule has 0 fully saturated rings. The Hall–Kier alpha value is -4.10. The maximum atomic E-state index is 12.5. The van der Waals surface area contributed by atoms with Crippen molar-refractivity contribution in [3.63, 3.8) is 0 Å². The molecular weight excluding hydrogens is 496 g/mol. The van der Waals surface area contributed by atoms with Crippen LogP contribution in [0.25, 0.3) is 0 Å². The van der Waals surface area contributed by atoms with Gasteiger partial charge in [-0.05, 0) is 73.4 Å². The van der Waals surface area contributed by atoms with Gasteiger partial charge >= 0.3 is 17.9 Å². The average Bonchev–Trinajstić information content (AvgIpc) is 2.91. The summed E-state index contributed by atoms with van der Waals surface area (Å²) in [5.74, 6) is -0.447. The van der Waals surface area contributed by atoms with Gasteiger partial charge < -0.3 is 18.9 Å². The minimum absolute atomic E-state index is 0.100. The molecule has 3 aromatic carbocycles. The van der Waals surface area contributed by atoms with E-state index < -0.39 is 17.9 Å². The van der Waals surface area contributed by atoms with Crippen LogP contribution in [-0.2, 0) is 16.0 Å².